The van der Waals surface area contributed by atoms with E-state index in [1.54, 1.807) is 0 Å². The molecule has 3 nitrogen and oxygen atoms in total. The third kappa shape index (κ3) is 4.89. The summed E-state index contributed by atoms with van der Waals surface area (Å²) in [6, 6.07) is 10.4. The van der Waals surface area contributed by atoms with E-state index in [9.17, 15) is 5.11 Å². The third-order valence-corrected chi connectivity index (χ3v) is 3.88. The van der Waals surface area contributed by atoms with E-state index in [4.69, 9.17) is 4.74 Å². The number of nitrogens with one attached hydrogen (secondary N) is 1. The van der Waals surface area contributed by atoms with Gasteiger partial charge in [0, 0.05) is 18.5 Å². The van der Waals surface area contributed by atoms with Gasteiger partial charge < -0.3 is 15.2 Å². The second-order valence-electron chi connectivity index (χ2n) is 6.60. The SMILES string of the molecule is CC(C)(CNCc1ccccc1)COC1CCCC1O. The Hall–Kier alpha value is -0.900. The molecular formula is C17H27NO2. The Morgan fingerprint density at radius 1 is 1.25 bits per heavy atom. The second kappa shape index (κ2) is 7.21. The van der Waals surface area contributed by atoms with Crippen molar-refractivity contribution < 1.29 is 9.84 Å². The number of ether oxygens (including phenoxy) is 1. The predicted molar refractivity (Wildman–Crippen MR) is 81.5 cm³/mol. The summed E-state index contributed by atoms with van der Waals surface area (Å²) in [7, 11) is 0. The molecule has 1 fully saturated rings. The van der Waals surface area contributed by atoms with E-state index in [0.29, 0.717) is 6.61 Å². The summed E-state index contributed by atoms with van der Waals surface area (Å²) in [5, 5.41) is 13.3. The van der Waals surface area contributed by atoms with Crippen LogP contribution >= 0.6 is 0 Å². The summed E-state index contributed by atoms with van der Waals surface area (Å²) in [6.45, 7) is 6.89. The van der Waals surface area contributed by atoms with Crippen LogP contribution in [0.3, 0.4) is 0 Å². The van der Waals surface area contributed by atoms with Gasteiger partial charge in [-0.05, 0) is 24.8 Å². The van der Waals surface area contributed by atoms with Gasteiger partial charge in [-0.25, -0.2) is 0 Å². The van der Waals surface area contributed by atoms with Gasteiger partial charge in [0.05, 0.1) is 18.8 Å². The average Bonchev–Trinajstić information content (AvgIpc) is 2.83. The highest BCUT2D eigenvalue weighted by molar-refractivity contribution is 5.14. The van der Waals surface area contributed by atoms with Crippen LogP contribution in [-0.2, 0) is 11.3 Å². The van der Waals surface area contributed by atoms with Crippen LogP contribution in [0.2, 0.25) is 0 Å². The first-order chi connectivity index (χ1) is 9.57. The molecule has 2 atom stereocenters. The van der Waals surface area contributed by atoms with Gasteiger partial charge in [0.15, 0.2) is 0 Å². The minimum absolute atomic E-state index is 0.0448. The number of hydrogen-bond acceptors (Lipinski definition) is 3. The highest BCUT2D eigenvalue weighted by Crippen LogP contribution is 2.24. The maximum absolute atomic E-state index is 9.77. The summed E-state index contributed by atoms with van der Waals surface area (Å²) in [4.78, 5) is 0. The van der Waals surface area contributed by atoms with Crippen LogP contribution in [-0.4, -0.2) is 30.5 Å². The standard InChI is InChI=1S/C17H27NO2/c1-17(2,13-20-16-10-6-9-15(16)19)12-18-11-14-7-4-3-5-8-14/h3-5,7-8,15-16,18-19H,6,9-13H2,1-2H3. The molecule has 2 N–H and O–H groups in total. The summed E-state index contributed by atoms with van der Waals surface area (Å²) in [5.74, 6) is 0. The fourth-order valence-corrected chi connectivity index (χ4v) is 2.63. The number of hydrogen-bond donors (Lipinski definition) is 2. The summed E-state index contributed by atoms with van der Waals surface area (Å²) >= 11 is 0. The van der Waals surface area contributed by atoms with E-state index in [1.165, 1.54) is 5.56 Å². The van der Waals surface area contributed by atoms with Crippen molar-refractivity contribution in [3.05, 3.63) is 35.9 Å². The Balaban J connectivity index is 1.68. The van der Waals surface area contributed by atoms with Gasteiger partial charge in [-0.2, -0.15) is 0 Å². The lowest BCUT2D eigenvalue weighted by Crippen LogP contribution is -2.35. The number of benzene rings is 1. The Morgan fingerprint density at radius 2 is 2.00 bits per heavy atom. The van der Waals surface area contributed by atoms with Gasteiger partial charge in [0.2, 0.25) is 0 Å². The maximum atomic E-state index is 9.77. The normalized spacial score (nSPS) is 23.1. The zero-order chi connectivity index (χ0) is 14.4. The first-order valence-corrected chi connectivity index (χ1v) is 7.61. The Bertz CT molecular complexity index is 391. The Labute approximate surface area is 122 Å². The summed E-state index contributed by atoms with van der Waals surface area (Å²) in [5.41, 5.74) is 1.38. The lowest BCUT2D eigenvalue weighted by atomic mass is 9.94. The monoisotopic (exact) mass is 277 g/mol. The van der Waals surface area contributed by atoms with Gasteiger partial charge in [0.25, 0.3) is 0 Å². The first kappa shape index (κ1) is 15.5. The molecule has 1 saturated carbocycles. The van der Waals surface area contributed by atoms with Gasteiger partial charge >= 0.3 is 0 Å². The van der Waals surface area contributed by atoms with Crippen molar-refractivity contribution in [3.8, 4) is 0 Å². The van der Waals surface area contributed by atoms with Crippen molar-refractivity contribution in [1.29, 1.82) is 0 Å². The fourth-order valence-electron chi connectivity index (χ4n) is 2.63. The highest BCUT2D eigenvalue weighted by atomic mass is 16.5. The van der Waals surface area contributed by atoms with Crippen LogP contribution < -0.4 is 5.32 Å². The van der Waals surface area contributed by atoms with Crippen molar-refractivity contribution in [3.63, 3.8) is 0 Å². The molecule has 2 unspecified atom stereocenters. The number of aliphatic hydroxyl groups is 1. The van der Waals surface area contributed by atoms with Gasteiger partial charge in [-0.1, -0.05) is 44.2 Å². The van der Waals surface area contributed by atoms with E-state index in [-0.39, 0.29) is 17.6 Å². The molecule has 0 radical (unpaired) electrons. The molecule has 20 heavy (non-hydrogen) atoms. The van der Waals surface area contributed by atoms with Crippen LogP contribution in [0.5, 0.6) is 0 Å². The molecule has 0 bridgehead atoms. The van der Waals surface area contributed by atoms with Crippen LogP contribution in [0.1, 0.15) is 38.7 Å². The Morgan fingerprint density at radius 3 is 2.65 bits per heavy atom. The molecule has 112 valence electrons. The summed E-state index contributed by atoms with van der Waals surface area (Å²) in [6.07, 6.45) is 2.75. The lowest BCUT2D eigenvalue weighted by molar-refractivity contribution is -0.0475. The van der Waals surface area contributed by atoms with Crippen LogP contribution in [0.15, 0.2) is 30.3 Å². The largest absolute Gasteiger partial charge is 0.390 e. The van der Waals surface area contributed by atoms with E-state index in [2.05, 4.69) is 43.4 Å². The topological polar surface area (TPSA) is 41.5 Å². The fraction of sp³-hybridized carbons (Fsp3) is 0.647. The van der Waals surface area contributed by atoms with Crippen molar-refractivity contribution in [2.45, 2.75) is 51.9 Å². The third-order valence-electron chi connectivity index (χ3n) is 3.88. The van der Waals surface area contributed by atoms with E-state index in [1.807, 2.05) is 6.07 Å². The molecule has 0 aromatic heterocycles. The van der Waals surface area contributed by atoms with Crippen molar-refractivity contribution >= 4 is 0 Å². The molecule has 2 rings (SSSR count). The van der Waals surface area contributed by atoms with Crippen LogP contribution in [0.25, 0.3) is 0 Å². The quantitative estimate of drug-likeness (QED) is 0.805. The zero-order valence-corrected chi connectivity index (χ0v) is 12.6. The Kier molecular flexibility index (Phi) is 5.58. The molecule has 1 aliphatic carbocycles. The predicted octanol–water partition coefficient (Wildman–Crippen LogP) is 2.73. The number of aliphatic hydroxyl groups excluding tert-OH is 1. The molecule has 1 aromatic rings. The van der Waals surface area contributed by atoms with E-state index < -0.39 is 0 Å². The van der Waals surface area contributed by atoms with Crippen molar-refractivity contribution in [1.82, 2.24) is 5.32 Å². The van der Waals surface area contributed by atoms with Crippen molar-refractivity contribution in [2.75, 3.05) is 13.2 Å². The lowest BCUT2D eigenvalue weighted by Gasteiger charge is -2.27. The van der Waals surface area contributed by atoms with Crippen molar-refractivity contribution in [2.24, 2.45) is 5.41 Å². The van der Waals surface area contributed by atoms with Crippen LogP contribution in [0.4, 0.5) is 0 Å². The zero-order valence-electron chi connectivity index (χ0n) is 12.6. The molecule has 1 aromatic carbocycles. The maximum Gasteiger partial charge on any atom is 0.0834 e. The molecule has 3 heteroatoms. The molecule has 0 spiro atoms. The minimum atomic E-state index is -0.261. The van der Waals surface area contributed by atoms with Crippen LogP contribution in [0, 0.1) is 5.41 Å². The molecular weight excluding hydrogens is 250 g/mol. The second-order valence-corrected chi connectivity index (χ2v) is 6.60. The molecule has 1 aliphatic rings. The molecule has 0 aliphatic heterocycles. The minimum Gasteiger partial charge on any atom is -0.390 e. The van der Waals surface area contributed by atoms with Gasteiger partial charge in [-0.15, -0.1) is 0 Å². The molecule has 0 heterocycles. The summed E-state index contributed by atoms with van der Waals surface area (Å²) < 4.78 is 5.89. The smallest absolute Gasteiger partial charge is 0.0834 e. The van der Waals surface area contributed by atoms with Gasteiger partial charge in [-0.3, -0.25) is 0 Å². The van der Waals surface area contributed by atoms with E-state index >= 15 is 0 Å². The highest BCUT2D eigenvalue weighted by Gasteiger charge is 2.28. The number of rotatable bonds is 7. The first-order valence-electron chi connectivity index (χ1n) is 7.61. The van der Waals surface area contributed by atoms with Gasteiger partial charge in [0.1, 0.15) is 0 Å². The molecule has 0 saturated heterocycles. The van der Waals surface area contributed by atoms with E-state index in [0.717, 1.165) is 32.4 Å². The molecule has 0 amide bonds. The average molecular weight is 277 g/mol.